The Morgan fingerprint density at radius 3 is 2.41 bits per heavy atom. The van der Waals surface area contributed by atoms with Gasteiger partial charge in [-0.3, -0.25) is 19.4 Å². The number of amides is 2. The smallest absolute Gasteiger partial charge is 0.227 e. The highest BCUT2D eigenvalue weighted by atomic mass is 16.2. The van der Waals surface area contributed by atoms with Crippen LogP contribution >= 0.6 is 0 Å². The Morgan fingerprint density at radius 2 is 1.64 bits per heavy atom. The van der Waals surface area contributed by atoms with Gasteiger partial charge in [0.15, 0.2) is 0 Å². The number of ketones is 1. The van der Waals surface area contributed by atoms with Crippen LogP contribution < -0.4 is 26.5 Å². The van der Waals surface area contributed by atoms with E-state index >= 15 is 0 Å². The summed E-state index contributed by atoms with van der Waals surface area (Å²) < 4.78 is 0. The van der Waals surface area contributed by atoms with E-state index in [9.17, 15) is 14.4 Å². The molecule has 242 valence electrons. The monoisotopic (exact) mass is 606 g/mol. The lowest BCUT2D eigenvalue weighted by atomic mass is 9.95. The van der Waals surface area contributed by atoms with Gasteiger partial charge in [0, 0.05) is 64.8 Å². The largest absolute Gasteiger partial charge is 0.355 e. The first kappa shape index (κ1) is 33.2. The molecule has 0 radical (unpaired) electrons. The minimum Gasteiger partial charge on any atom is -0.355 e. The van der Waals surface area contributed by atoms with Gasteiger partial charge in [-0.15, -0.1) is 5.53 Å². The van der Waals surface area contributed by atoms with E-state index in [1.165, 1.54) is 0 Å². The number of nitrogens with zero attached hydrogens (tertiary/aromatic N) is 2. The fourth-order valence-corrected chi connectivity index (χ4v) is 5.63. The molecule has 2 amide bonds. The van der Waals surface area contributed by atoms with E-state index < -0.39 is 0 Å². The molecule has 0 aromatic heterocycles. The molecule has 2 unspecified atom stereocenters. The van der Waals surface area contributed by atoms with Crippen LogP contribution in [0, 0.1) is 5.92 Å². The third kappa shape index (κ3) is 8.48. The Labute approximate surface area is 265 Å². The van der Waals surface area contributed by atoms with Gasteiger partial charge in [0.1, 0.15) is 5.78 Å². The second-order valence-electron chi connectivity index (χ2n) is 12.0. The summed E-state index contributed by atoms with van der Waals surface area (Å²) in [6, 6.07) is 16.6. The number of rotatable bonds is 16. The molecule has 0 saturated heterocycles. The predicted octanol–water partition coefficient (Wildman–Crippen LogP) is 5.64. The van der Waals surface area contributed by atoms with Crippen molar-refractivity contribution in [3.8, 4) is 0 Å². The molecular formula is C35H54N6O3. The molecule has 9 nitrogen and oxygen atoms in total. The summed E-state index contributed by atoms with van der Waals surface area (Å²) in [5.74, 6) is 0.289. The normalized spacial score (nSPS) is 15.4. The molecule has 4 N–H and O–H groups in total. The number of unbranched alkanes of at least 4 members (excludes halogenated alkanes) is 2. The van der Waals surface area contributed by atoms with Crippen molar-refractivity contribution >= 4 is 34.7 Å². The maximum atomic E-state index is 13.8. The number of nitrogens with one attached hydrogen (secondary N) is 4. The second-order valence-corrected chi connectivity index (χ2v) is 12.0. The number of anilines is 1. The van der Waals surface area contributed by atoms with Gasteiger partial charge >= 0.3 is 0 Å². The summed E-state index contributed by atoms with van der Waals surface area (Å²) in [6.07, 6.45) is 5.60. The van der Waals surface area contributed by atoms with Gasteiger partial charge in [0.05, 0.1) is 23.6 Å². The highest BCUT2D eigenvalue weighted by molar-refractivity contribution is 6.02. The summed E-state index contributed by atoms with van der Waals surface area (Å²) in [6.45, 7) is 10.7. The standard InChI is InChI=1S/C35H50N6O3.2H2/c1-5-25(3)31(42)18-8-7-13-23-41-35-29-16-11-12-17-30(29)40(24-27-14-9-10-15-28(27)34(35)38-39-41)33(44)20-19-32(43)37-22-21-36-26(4)6-2;;/h9-12,14-17,25-26,36,38-39H,5-8,13,18-24H2,1-4H3,(H,37,43);2*1H. The molecule has 2 atom stereocenters. The molecule has 2 heterocycles. The average molecular weight is 607 g/mol. The van der Waals surface area contributed by atoms with Gasteiger partial charge < -0.3 is 21.0 Å². The van der Waals surface area contributed by atoms with Crippen LogP contribution in [0.3, 0.4) is 0 Å². The van der Waals surface area contributed by atoms with E-state index in [0.717, 1.165) is 72.4 Å². The zero-order valence-corrected chi connectivity index (χ0v) is 26.9. The van der Waals surface area contributed by atoms with Crippen LogP contribution in [0.4, 0.5) is 5.69 Å². The first-order valence-electron chi connectivity index (χ1n) is 16.4. The van der Waals surface area contributed by atoms with Crippen LogP contribution in [-0.4, -0.2) is 48.3 Å². The molecule has 9 heteroatoms. The number of hydrogen-bond donors (Lipinski definition) is 4. The van der Waals surface area contributed by atoms with Crippen LogP contribution in [0.2, 0.25) is 0 Å². The highest BCUT2D eigenvalue weighted by Gasteiger charge is 2.32. The molecule has 0 spiro atoms. The molecule has 0 aliphatic carbocycles. The number of benzene rings is 2. The summed E-state index contributed by atoms with van der Waals surface area (Å²) in [4.78, 5) is 40.5. The lowest BCUT2D eigenvalue weighted by Crippen LogP contribution is -2.38. The molecule has 0 fully saturated rings. The minimum absolute atomic E-state index is 0. The van der Waals surface area contributed by atoms with E-state index in [2.05, 4.69) is 65.6 Å². The average Bonchev–Trinajstić information content (AvgIpc) is 3.45. The van der Waals surface area contributed by atoms with Crippen molar-refractivity contribution in [3.63, 3.8) is 0 Å². The van der Waals surface area contributed by atoms with Crippen molar-refractivity contribution in [3.05, 3.63) is 65.2 Å². The van der Waals surface area contributed by atoms with E-state index in [1.807, 2.05) is 42.2 Å². The molecular weight excluding hydrogens is 552 g/mol. The topological polar surface area (TPSA) is 106 Å². The zero-order chi connectivity index (χ0) is 31.5. The van der Waals surface area contributed by atoms with Gasteiger partial charge in [0.25, 0.3) is 0 Å². The van der Waals surface area contributed by atoms with Crippen molar-refractivity contribution in [1.82, 2.24) is 26.6 Å². The Kier molecular flexibility index (Phi) is 12.4. The number of fused-ring (bicyclic) bond motifs is 4. The molecule has 2 aliphatic rings. The van der Waals surface area contributed by atoms with Crippen LogP contribution in [0.1, 0.15) is 98.6 Å². The van der Waals surface area contributed by atoms with Crippen molar-refractivity contribution < 1.29 is 17.2 Å². The number of Topliss-reactive ketones (excluding diaryl/α,β-unsaturated/α-hetero) is 1. The van der Waals surface area contributed by atoms with Crippen molar-refractivity contribution in [1.29, 1.82) is 0 Å². The van der Waals surface area contributed by atoms with Crippen molar-refractivity contribution in [2.45, 2.75) is 91.6 Å². The highest BCUT2D eigenvalue weighted by Crippen LogP contribution is 2.40. The molecule has 44 heavy (non-hydrogen) atoms. The Bertz CT molecular complexity index is 1340. The maximum Gasteiger partial charge on any atom is 0.227 e. The molecule has 4 rings (SSSR count). The fourth-order valence-electron chi connectivity index (χ4n) is 5.63. The number of carbonyl (C=O) groups is 3. The lowest BCUT2D eigenvalue weighted by molar-refractivity contribution is -0.125. The van der Waals surface area contributed by atoms with Crippen molar-refractivity contribution in [2.75, 3.05) is 24.5 Å². The summed E-state index contributed by atoms with van der Waals surface area (Å²) in [5, 5.41) is 8.42. The van der Waals surface area contributed by atoms with Crippen LogP contribution in [0.15, 0.2) is 48.5 Å². The van der Waals surface area contributed by atoms with Crippen LogP contribution in [0.25, 0.3) is 11.4 Å². The van der Waals surface area contributed by atoms with Gasteiger partial charge in [-0.05, 0) is 44.2 Å². The van der Waals surface area contributed by atoms with Crippen molar-refractivity contribution in [2.24, 2.45) is 5.92 Å². The van der Waals surface area contributed by atoms with E-state index in [4.69, 9.17) is 0 Å². The van der Waals surface area contributed by atoms with Gasteiger partial charge in [-0.25, -0.2) is 0 Å². The molecule has 2 aliphatic heterocycles. The zero-order valence-electron chi connectivity index (χ0n) is 26.9. The third-order valence-electron chi connectivity index (χ3n) is 8.77. The number of hydrogen-bond acceptors (Lipinski definition) is 7. The van der Waals surface area contributed by atoms with Crippen LogP contribution in [-0.2, 0) is 20.9 Å². The van der Waals surface area contributed by atoms with Gasteiger partial charge in [-0.2, -0.15) is 0 Å². The third-order valence-corrected chi connectivity index (χ3v) is 8.77. The Morgan fingerprint density at radius 1 is 0.886 bits per heavy atom. The number of hydrazine groups is 2. The minimum atomic E-state index is -0.115. The first-order valence-corrected chi connectivity index (χ1v) is 16.4. The Balaban J connectivity index is 0.00000368. The number of para-hydroxylation sites is 1. The number of carbonyl (C=O) groups excluding carboxylic acids is 3. The summed E-state index contributed by atoms with van der Waals surface area (Å²) in [5.41, 5.74) is 12.6. The van der Waals surface area contributed by atoms with E-state index in [1.54, 1.807) is 0 Å². The van der Waals surface area contributed by atoms with E-state index in [-0.39, 0.29) is 33.4 Å². The predicted molar refractivity (Wildman–Crippen MR) is 181 cm³/mol. The van der Waals surface area contributed by atoms with Gasteiger partial charge in [0.2, 0.25) is 11.8 Å². The Hall–Kier alpha value is -3.69. The molecule has 2 aromatic carbocycles. The summed E-state index contributed by atoms with van der Waals surface area (Å²) >= 11 is 0. The first-order chi connectivity index (χ1) is 21.3. The molecule has 0 bridgehead atoms. The summed E-state index contributed by atoms with van der Waals surface area (Å²) in [7, 11) is 0. The molecule has 0 saturated carbocycles. The van der Waals surface area contributed by atoms with Crippen LogP contribution in [0.5, 0.6) is 0 Å². The second kappa shape index (κ2) is 16.4. The SMILES string of the molecule is CCC(C)NCCNC(=O)CCC(=O)N1Cc2ccccc2C2=C(c3ccccc31)N(CCCCCC(=O)C(C)CC)NN2.[HH].[HH]. The molecule has 2 aromatic rings. The lowest BCUT2D eigenvalue weighted by Gasteiger charge is -2.31. The quantitative estimate of drug-likeness (QED) is 0.183. The van der Waals surface area contributed by atoms with E-state index in [0.29, 0.717) is 37.9 Å². The van der Waals surface area contributed by atoms with Gasteiger partial charge in [-0.1, -0.05) is 69.7 Å². The maximum absolute atomic E-state index is 13.8. The fraction of sp³-hybridized carbons (Fsp3) is 0.514.